The third-order valence-electron chi connectivity index (χ3n) is 3.43. The van der Waals surface area contributed by atoms with Gasteiger partial charge in [-0.15, -0.1) is 0 Å². The number of nitrogens with zero attached hydrogens (tertiary/aromatic N) is 1. The van der Waals surface area contributed by atoms with Crippen LogP contribution in [0.4, 0.5) is 0 Å². The number of hydrogen-bond acceptors (Lipinski definition) is 5. The van der Waals surface area contributed by atoms with E-state index in [1.54, 1.807) is 13.8 Å². The summed E-state index contributed by atoms with van der Waals surface area (Å²) in [5, 5.41) is 10.2. The maximum Gasteiger partial charge on any atom is 0.338 e. The Morgan fingerprint density at radius 3 is 2.67 bits per heavy atom. The van der Waals surface area contributed by atoms with Crippen molar-refractivity contribution in [3.05, 3.63) is 55.6 Å². The molecule has 0 bridgehead atoms. The summed E-state index contributed by atoms with van der Waals surface area (Å²) >= 11 is 18.4. The Kier molecular flexibility index (Phi) is 5.66. The molecule has 0 spiro atoms. The van der Waals surface area contributed by atoms with E-state index >= 15 is 0 Å². The SMILES string of the molecule is CCOC(=O)C1=C(C)OC(N)=C(C#N)C1c1cc(Cl)cc(Cl)c1Cl. The lowest BCUT2D eigenvalue weighted by Gasteiger charge is -2.27. The van der Waals surface area contributed by atoms with Crippen molar-refractivity contribution in [1.29, 1.82) is 5.26 Å². The van der Waals surface area contributed by atoms with Crippen LogP contribution in [-0.2, 0) is 14.3 Å². The van der Waals surface area contributed by atoms with Crippen molar-refractivity contribution in [1.82, 2.24) is 0 Å². The Bertz CT molecular complexity index is 810. The van der Waals surface area contributed by atoms with Gasteiger partial charge in [0.2, 0.25) is 5.88 Å². The minimum Gasteiger partial charge on any atom is -0.463 e. The van der Waals surface area contributed by atoms with Gasteiger partial charge in [-0.2, -0.15) is 5.26 Å². The highest BCUT2D eigenvalue weighted by atomic mass is 35.5. The molecule has 24 heavy (non-hydrogen) atoms. The predicted octanol–water partition coefficient (Wildman–Crippen LogP) is 4.29. The first kappa shape index (κ1) is 18.5. The van der Waals surface area contributed by atoms with Crippen LogP contribution in [0, 0.1) is 11.3 Å². The number of ether oxygens (including phenoxy) is 2. The Morgan fingerprint density at radius 2 is 2.08 bits per heavy atom. The maximum absolute atomic E-state index is 12.4. The van der Waals surface area contributed by atoms with E-state index in [-0.39, 0.29) is 39.4 Å². The summed E-state index contributed by atoms with van der Waals surface area (Å²) in [5.74, 6) is -1.40. The zero-order valence-electron chi connectivity index (χ0n) is 12.8. The van der Waals surface area contributed by atoms with E-state index in [2.05, 4.69) is 0 Å². The molecule has 0 aliphatic carbocycles. The molecule has 0 saturated heterocycles. The first-order valence-electron chi connectivity index (χ1n) is 6.91. The standard InChI is InChI=1S/C16H13Cl3N2O3/c1-3-23-16(22)12-7(2)24-15(21)10(6-20)13(12)9-4-8(17)5-11(18)14(9)19/h4-5,13H,3,21H2,1-2H3. The minimum atomic E-state index is -0.883. The van der Waals surface area contributed by atoms with Crippen molar-refractivity contribution in [3.8, 4) is 6.07 Å². The van der Waals surface area contributed by atoms with Gasteiger partial charge in [-0.25, -0.2) is 4.79 Å². The lowest BCUT2D eigenvalue weighted by atomic mass is 9.83. The van der Waals surface area contributed by atoms with Crippen molar-refractivity contribution in [2.45, 2.75) is 19.8 Å². The predicted molar refractivity (Wildman–Crippen MR) is 91.5 cm³/mol. The van der Waals surface area contributed by atoms with Gasteiger partial charge in [-0.1, -0.05) is 34.8 Å². The average molecular weight is 388 g/mol. The largest absolute Gasteiger partial charge is 0.463 e. The molecule has 1 heterocycles. The van der Waals surface area contributed by atoms with E-state index < -0.39 is 11.9 Å². The highest BCUT2D eigenvalue weighted by Gasteiger charge is 2.37. The molecule has 1 atom stereocenters. The van der Waals surface area contributed by atoms with Crippen molar-refractivity contribution in [2.75, 3.05) is 6.61 Å². The fourth-order valence-electron chi connectivity index (χ4n) is 2.45. The Morgan fingerprint density at radius 1 is 1.42 bits per heavy atom. The Labute approximate surface area is 154 Å². The smallest absolute Gasteiger partial charge is 0.338 e. The van der Waals surface area contributed by atoms with Crippen LogP contribution in [0.1, 0.15) is 25.3 Å². The van der Waals surface area contributed by atoms with E-state index in [0.717, 1.165) is 0 Å². The molecule has 2 rings (SSSR count). The zero-order valence-corrected chi connectivity index (χ0v) is 15.1. The van der Waals surface area contributed by atoms with E-state index in [0.29, 0.717) is 10.6 Å². The minimum absolute atomic E-state index is 0.0314. The number of hydrogen-bond donors (Lipinski definition) is 1. The van der Waals surface area contributed by atoms with E-state index in [4.69, 9.17) is 50.0 Å². The summed E-state index contributed by atoms with van der Waals surface area (Å²) < 4.78 is 10.4. The average Bonchev–Trinajstić information content (AvgIpc) is 2.50. The van der Waals surface area contributed by atoms with Crippen LogP contribution in [0.3, 0.4) is 0 Å². The molecule has 5 nitrogen and oxygen atoms in total. The molecule has 0 radical (unpaired) electrons. The van der Waals surface area contributed by atoms with Gasteiger partial charge in [0.15, 0.2) is 0 Å². The quantitative estimate of drug-likeness (QED) is 0.617. The molecule has 0 amide bonds. The molecule has 1 aromatic carbocycles. The molecule has 126 valence electrons. The molecule has 0 aromatic heterocycles. The molecule has 1 unspecified atom stereocenters. The van der Waals surface area contributed by atoms with Crippen molar-refractivity contribution in [2.24, 2.45) is 5.73 Å². The van der Waals surface area contributed by atoms with Crippen molar-refractivity contribution >= 4 is 40.8 Å². The van der Waals surface area contributed by atoms with Crippen molar-refractivity contribution in [3.63, 3.8) is 0 Å². The number of allylic oxidation sites excluding steroid dienone is 2. The number of benzene rings is 1. The fourth-order valence-corrected chi connectivity index (χ4v) is 3.18. The van der Waals surface area contributed by atoms with Crippen LogP contribution in [0.25, 0.3) is 0 Å². The number of nitriles is 1. The molecule has 0 fully saturated rings. The van der Waals surface area contributed by atoms with Crippen LogP contribution in [0.2, 0.25) is 15.1 Å². The molecule has 2 N–H and O–H groups in total. The number of nitrogens with two attached hydrogens (primary N) is 1. The molecule has 1 aliphatic rings. The van der Waals surface area contributed by atoms with Crippen LogP contribution in [-0.4, -0.2) is 12.6 Å². The maximum atomic E-state index is 12.4. The third kappa shape index (κ3) is 3.32. The number of carbonyl (C=O) groups excluding carboxylic acids is 1. The van der Waals surface area contributed by atoms with E-state index in [1.807, 2.05) is 6.07 Å². The molecular formula is C16H13Cl3N2O3. The highest BCUT2D eigenvalue weighted by molar-refractivity contribution is 6.43. The summed E-state index contributed by atoms with van der Waals surface area (Å²) in [6.07, 6.45) is 0. The number of esters is 1. The zero-order chi connectivity index (χ0) is 18.0. The van der Waals surface area contributed by atoms with E-state index in [1.165, 1.54) is 12.1 Å². The van der Waals surface area contributed by atoms with E-state index in [9.17, 15) is 10.1 Å². The summed E-state index contributed by atoms with van der Waals surface area (Å²) in [6.45, 7) is 3.39. The normalized spacial score (nSPS) is 17.4. The molecule has 8 heteroatoms. The topological polar surface area (TPSA) is 85.3 Å². The lowest BCUT2D eigenvalue weighted by molar-refractivity contribution is -0.139. The van der Waals surface area contributed by atoms with Gasteiger partial charge >= 0.3 is 5.97 Å². The molecule has 1 aromatic rings. The van der Waals surface area contributed by atoms with Gasteiger partial charge in [0.25, 0.3) is 0 Å². The van der Waals surface area contributed by atoms with Crippen LogP contribution in [0.5, 0.6) is 0 Å². The molecule has 0 saturated carbocycles. The summed E-state index contributed by atoms with van der Waals surface area (Å²) in [4.78, 5) is 12.4. The highest BCUT2D eigenvalue weighted by Crippen LogP contribution is 2.44. The summed E-state index contributed by atoms with van der Waals surface area (Å²) in [7, 11) is 0. The number of halogens is 3. The van der Waals surface area contributed by atoms with Gasteiger partial charge in [0, 0.05) is 5.02 Å². The third-order valence-corrected chi connectivity index (χ3v) is 4.47. The van der Waals surface area contributed by atoms with Gasteiger partial charge in [0.05, 0.1) is 28.1 Å². The van der Waals surface area contributed by atoms with Crippen LogP contribution in [0.15, 0.2) is 34.9 Å². The van der Waals surface area contributed by atoms with Crippen molar-refractivity contribution < 1.29 is 14.3 Å². The number of rotatable bonds is 3. The van der Waals surface area contributed by atoms with Crippen LogP contribution < -0.4 is 5.73 Å². The van der Waals surface area contributed by atoms with Gasteiger partial charge in [-0.05, 0) is 31.5 Å². The summed E-state index contributed by atoms with van der Waals surface area (Å²) in [5.41, 5.74) is 6.34. The lowest BCUT2D eigenvalue weighted by Crippen LogP contribution is -2.25. The number of carbonyl (C=O) groups is 1. The van der Waals surface area contributed by atoms with Gasteiger partial charge in [0.1, 0.15) is 17.4 Å². The monoisotopic (exact) mass is 386 g/mol. The molecule has 1 aliphatic heterocycles. The first-order chi connectivity index (χ1) is 11.3. The van der Waals surface area contributed by atoms with Gasteiger partial charge in [-0.3, -0.25) is 0 Å². The fraction of sp³-hybridized carbons (Fsp3) is 0.250. The second kappa shape index (κ2) is 7.35. The second-order valence-corrected chi connectivity index (χ2v) is 6.13. The van der Waals surface area contributed by atoms with Crippen LogP contribution >= 0.6 is 34.8 Å². The van der Waals surface area contributed by atoms with Gasteiger partial charge < -0.3 is 15.2 Å². The second-order valence-electron chi connectivity index (χ2n) is 4.91. The summed E-state index contributed by atoms with van der Waals surface area (Å²) in [6, 6.07) is 4.96. The molecular weight excluding hydrogens is 375 g/mol. The first-order valence-corrected chi connectivity index (χ1v) is 8.05. The Balaban J connectivity index is 2.75. The Hall–Kier alpha value is -1.87.